The summed E-state index contributed by atoms with van der Waals surface area (Å²) in [7, 11) is 0. The summed E-state index contributed by atoms with van der Waals surface area (Å²) in [5.41, 5.74) is -0.849. The van der Waals surface area contributed by atoms with Crippen molar-refractivity contribution in [2.45, 2.75) is 51.4 Å². The molecule has 4 atom stereocenters. The summed E-state index contributed by atoms with van der Waals surface area (Å²) in [6, 6.07) is 0. The molecule has 0 aromatic carbocycles. The van der Waals surface area contributed by atoms with Crippen LogP contribution in [0, 0.1) is 0 Å². The molecule has 124 valence electrons. The standard InChI is InChI=1S/C13H18O8S/c1-6(14)18-10-5-22-13(21-9(4)17)12(20-8(3)16)11(10)19-7(2)15/h10-13H,5H2,1-4H3/t10-,11?,12-,13?/m1/s1. The van der Waals surface area contributed by atoms with Crippen LogP contribution in [0.2, 0.25) is 0 Å². The Kier molecular flexibility index (Phi) is 6.66. The number of ether oxygens (including phenoxy) is 4. The molecule has 9 heteroatoms. The maximum atomic E-state index is 11.3. The fourth-order valence-corrected chi connectivity index (χ4v) is 3.21. The summed E-state index contributed by atoms with van der Waals surface area (Å²) < 4.78 is 20.4. The van der Waals surface area contributed by atoms with E-state index in [9.17, 15) is 19.2 Å². The van der Waals surface area contributed by atoms with Crippen molar-refractivity contribution in [3.05, 3.63) is 0 Å². The molecule has 1 saturated heterocycles. The lowest BCUT2D eigenvalue weighted by Gasteiger charge is -2.39. The van der Waals surface area contributed by atoms with E-state index in [4.69, 9.17) is 18.9 Å². The van der Waals surface area contributed by atoms with Crippen molar-refractivity contribution < 1.29 is 38.1 Å². The van der Waals surface area contributed by atoms with Crippen LogP contribution in [0.4, 0.5) is 0 Å². The lowest BCUT2D eigenvalue weighted by molar-refractivity contribution is -0.191. The zero-order valence-electron chi connectivity index (χ0n) is 12.7. The van der Waals surface area contributed by atoms with Crippen LogP contribution in [0.3, 0.4) is 0 Å². The zero-order valence-corrected chi connectivity index (χ0v) is 13.5. The molecule has 1 rings (SSSR count). The molecule has 0 N–H and O–H groups in total. The molecule has 0 amide bonds. The van der Waals surface area contributed by atoms with Gasteiger partial charge >= 0.3 is 23.9 Å². The Hall–Kier alpha value is -1.77. The van der Waals surface area contributed by atoms with Gasteiger partial charge in [0.15, 0.2) is 23.7 Å². The van der Waals surface area contributed by atoms with Crippen molar-refractivity contribution in [1.29, 1.82) is 0 Å². The van der Waals surface area contributed by atoms with Crippen LogP contribution in [0.1, 0.15) is 27.7 Å². The Morgan fingerprint density at radius 3 is 1.64 bits per heavy atom. The van der Waals surface area contributed by atoms with E-state index >= 15 is 0 Å². The summed E-state index contributed by atoms with van der Waals surface area (Å²) in [6.07, 6.45) is -2.91. The van der Waals surface area contributed by atoms with E-state index in [0.29, 0.717) is 0 Å². The average Bonchev–Trinajstić information content (AvgIpc) is 2.34. The fraction of sp³-hybridized carbons (Fsp3) is 0.692. The molecule has 2 unspecified atom stereocenters. The maximum Gasteiger partial charge on any atom is 0.303 e. The summed E-state index contributed by atoms with van der Waals surface area (Å²) in [5, 5.41) is 0. The molecular formula is C13H18O8S. The van der Waals surface area contributed by atoms with Gasteiger partial charge in [0.1, 0.15) is 0 Å². The van der Waals surface area contributed by atoms with Crippen LogP contribution in [0.5, 0.6) is 0 Å². The summed E-state index contributed by atoms with van der Waals surface area (Å²) in [5.74, 6) is -2.17. The normalized spacial score (nSPS) is 27.5. The number of hydrogen-bond acceptors (Lipinski definition) is 9. The zero-order chi connectivity index (χ0) is 16.9. The minimum atomic E-state index is -1.06. The third-order valence-corrected chi connectivity index (χ3v) is 3.80. The number of hydrogen-bond donors (Lipinski definition) is 0. The molecule has 1 aliphatic heterocycles. The van der Waals surface area contributed by atoms with E-state index in [1.807, 2.05) is 0 Å². The van der Waals surface area contributed by atoms with Crippen molar-refractivity contribution in [1.82, 2.24) is 0 Å². The van der Waals surface area contributed by atoms with Crippen molar-refractivity contribution >= 4 is 35.6 Å². The van der Waals surface area contributed by atoms with Gasteiger partial charge in [-0.2, -0.15) is 0 Å². The molecule has 1 heterocycles. The third-order valence-electron chi connectivity index (χ3n) is 2.59. The van der Waals surface area contributed by atoms with Crippen LogP contribution in [0.15, 0.2) is 0 Å². The third kappa shape index (κ3) is 5.55. The summed E-state index contributed by atoms with van der Waals surface area (Å²) in [6.45, 7) is 4.78. The Morgan fingerprint density at radius 2 is 1.18 bits per heavy atom. The van der Waals surface area contributed by atoms with Gasteiger partial charge in [0.2, 0.25) is 0 Å². The maximum absolute atomic E-state index is 11.3. The van der Waals surface area contributed by atoms with Crippen LogP contribution in [0.25, 0.3) is 0 Å². The van der Waals surface area contributed by atoms with Crippen LogP contribution >= 0.6 is 11.8 Å². The molecule has 0 aromatic rings. The van der Waals surface area contributed by atoms with Gasteiger partial charge in [-0.05, 0) is 0 Å². The van der Waals surface area contributed by atoms with Crippen molar-refractivity contribution in [2.75, 3.05) is 5.75 Å². The first-order valence-corrected chi connectivity index (χ1v) is 7.56. The van der Waals surface area contributed by atoms with Gasteiger partial charge in [-0.3, -0.25) is 19.2 Å². The quantitative estimate of drug-likeness (QED) is 0.534. The van der Waals surface area contributed by atoms with Crippen molar-refractivity contribution in [3.8, 4) is 0 Å². The largest absolute Gasteiger partial charge is 0.458 e. The molecule has 0 aliphatic carbocycles. The summed E-state index contributed by atoms with van der Waals surface area (Å²) >= 11 is 1.13. The molecule has 0 saturated carbocycles. The number of carbonyl (C=O) groups excluding carboxylic acids is 4. The number of carbonyl (C=O) groups is 4. The van der Waals surface area contributed by atoms with Gasteiger partial charge in [0.05, 0.1) is 0 Å². The van der Waals surface area contributed by atoms with Crippen LogP contribution in [-0.2, 0) is 38.1 Å². The van der Waals surface area contributed by atoms with Gasteiger partial charge < -0.3 is 18.9 Å². The minimum Gasteiger partial charge on any atom is -0.458 e. The second-order valence-electron chi connectivity index (χ2n) is 4.61. The first-order chi connectivity index (χ1) is 10.2. The van der Waals surface area contributed by atoms with Crippen molar-refractivity contribution in [2.24, 2.45) is 0 Å². The van der Waals surface area contributed by atoms with E-state index in [0.717, 1.165) is 11.8 Å². The van der Waals surface area contributed by atoms with Gasteiger partial charge in [-0.15, -0.1) is 11.8 Å². The molecule has 22 heavy (non-hydrogen) atoms. The number of thioether (sulfide) groups is 1. The predicted octanol–water partition coefficient (Wildman–Crippen LogP) is 0.417. The number of esters is 4. The topological polar surface area (TPSA) is 105 Å². The number of rotatable bonds is 4. The lowest BCUT2D eigenvalue weighted by atomic mass is 10.1. The van der Waals surface area contributed by atoms with E-state index < -0.39 is 47.6 Å². The molecule has 8 nitrogen and oxygen atoms in total. The van der Waals surface area contributed by atoms with Gasteiger partial charge in [-0.25, -0.2) is 0 Å². The predicted molar refractivity (Wildman–Crippen MR) is 74.7 cm³/mol. The lowest BCUT2D eigenvalue weighted by Crippen LogP contribution is -2.55. The highest BCUT2D eigenvalue weighted by Crippen LogP contribution is 2.33. The monoisotopic (exact) mass is 334 g/mol. The van der Waals surface area contributed by atoms with Gasteiger partial charge in [-0.1, -0.05) is 0 Å². The Morgan fingerprint density at radius 1 is 0.727 bits per heavy atom. The Labute approximate surface area is 131 Å². The van der Waals surface area contributed by atoms with Crippen molar-refractivity contribution in [3.63, 3.8) is 0 Å². The molecule has 0 aromatic heterocycles. The molecular weight excluding hydrogens is 316 g/mol. The first kappa shape index (κ1) is 18.3. The highest BCUT2D eigenvalue weighted by Gasteiger charge is 2.47. The Bertz CT molecular complexity index is 421. The molecule has 0 spiro atoms. The SMILES string of the molecule is CC(=O)OC1SC[C@@H](OC(C)=O)C(OC(C)=O)[C@H]1OC(C)=O. The second kappa shape index (κ2) is 8.02. The highest BCUT2D eigenvalue weighted by molar-refractivity contribution is 7.99. The minimum absolute atomic E-state index is 0.229. The van der Waals surface area contributed by atoms with Crippen LogP contribution < -0.4 is 0 Å². The van der Waals surface area contributed by atoms with Gasteiger partial charge in [0, 0.05) is 33.4 Å². The summed E-state index contributed by atoms with van der Waals surface area (Å²) in [4.78, 5) is 44.9. The smallest absolute Gasteiger partial charge is 0.303 e. The molecule has 1 fully saturated rings. The first-order valence-electron chi connectivity index (χ1n) is 6.51. The molecule has 1 aliphatic rings. The highest BCUT2D eigenvalue weighted by atomic mass is 32.2. The fourth-order valence-electron chi connectivity index (χ4n) is 1.97. The van der Waals surface area contributed by atoms with Gasteiger partial charge in [0.25, 0.3) is 0 Å². The van der Waals surface area contributed by atoms with E-state index in [-0.39, 0.29) is 5.75 Å². The Balaban J connectivity index is 3.03. The van der Waals surface area contributed by atoms with E-state index in [1.54, 1.807) is 0 Å². The van der Waals surface area contributed by atoms with E-state index in [2.05, 4.69) is 0 Å². The average molecular weight is 334 g/mol. The molecule has 0 bridgehead atoms. The second-order valence-corrected chi connectivity index (χ2v) is 5.74. The van der Waals surface area contributed by atoms with E-state index in [1.165, 1.54) is 27.7 Å². The molecule has 0 radical (unpaired) electrons. The van der Waals surface area contributed by atoms with Crippen LogP contribution in [-0.4, -0.2) is 53.4 Å².